The van der Waals surface area contributed by atoms with E-state index in [1.807, 2.05) is 53.4 Å². The average molecular weight is 454 g/mol. The summed E-state index contributed by atoms with van der Waals surface area (Å²) in [6.07, 6.45) is 2.54. The second-order valence-electron chi connectivity index (χ2n) is 7.70. The van der Waals surface area contributed by atoms with Crippen LogP contribution in [0.2, 0.25) is 0 Å². The van der Waals surface area contributed by atoms with E-state index in [9.17, 15) is 9.59 Å². The first-order valence-electron chi connectivity index (χ1n) is 10.5. The molecule has 1 atom stereocenters. The number of carbonyl (C=O) groups is 2. The Morgan fingerprint density at radius 1 is 1.06 bits per heavy atom. The molecule has 0 aliphatic carbocycles. The predicted octanol–water partition coefficient (Wildman–Crippen LogP) is 4.20. The van der Waals surface area contributed by atoms with E-state index in [4.69, 9.17) is 4.74 Å². The molecule has 2 amide bonds. The summed E-state index contributed by atoms with van der Waals surface area (Å²) in [5.74, 6) is 0.781. The van der Waals surface area contributed by atoms with E-state index in [1.165, 1.54) is 11.8 Å². The van der Waals surface area contributed by atoms with Gasteiger partial charge in [-0.15, -0.1) is 11.3 Å². The molecule has 0 bridgehead atoms. The van der Waals surface area contributed by atoms with Crippen molar-refractivity contribution < 1.29 is 14.3 Å². The molecule has 0 spiro atoms. The van der Waals surface area contributed by atoms with Crippen LogP contribution in [0.1, 0.15) is 19.3 Å². The number of amides is 2. The number of thioether (sulfide) groups is 1. The topological polar surface area (TPSA) is 62.7 Å². The van der Waals surface area contributed by atoms with Crippen molar-refractivity contribution in [2.45, 2.75) is 29.7 Å². The van der Waals surface area contributed by atoms with Crippen LogP contribution in [0.5, 0.6) is 5.75 Å². The van der Waals surface area contributed by atoms with Crippen LogP contribution in [-0.4, -0.2) is 53.2 Å². The highest BCUT2D eigenvalue weighted by molar-refractivity contribution is 8.01. The molecule has 3 aromatic rings. The molecule has 0 unspecified atom stereocenters. The Balaban J connectivity index is 1.32. The number of hydrogen-bond donors (Lipinski definition) is 0. The predicted molar refractivity (Wildman–Crippen MR) is 124 cm³/mol. The van der Waals surface area contributed by atoms with E-state index in [0.29, 0.717) is 5.75 Å². The van der Waals surface area contributed by atoms with E-state index < -0.39 is 6.10 Å². The van der Waals surface area contributed by atoms with Gasteiger partial charge in [0, 0.05) is 13.1 Å². The Labute approximate surface area is 189 Å². The van der Waals surface area contributed by atoms with Gasteiger partial charge in [0.25, 0.3) is 5.91 Å². The minimum absolute atomic E-state index is 0.0224. The molecule has 3 heterocycles. The molecule has 1 fully saturated rings. The lowest BCUT2D eigenvalue weighted by Crippen LogP contribution is -2.53. The molecular formula is C23H23N3O3S2. The lowest BCUT2D eigenvalue weighted by molar-refractivity contribution is -0.139. The maximum absolute atomic E-state index is 13.2. The number of anilines is 1. The zero-order chi connectivity index (χ0) is 21.2. The molecule has 6 nitrogen and oxygen atoms in total. The largest absolute Gasteiger partial charge is 0.476 e. The Morgan fingerprint density at radius 2 is 1.84 bits per heavy atom. The number of carbonyl (C=O) groups excluding carboxylic acids is 2. The zero-order valence-electron chi connectivity index (χ0n) is 17.0. The highest BCUT2D eigenvalue weighted by Crippen LogP contribution is 2.35. The quantitative estimate of drug-likeness (QED) is 0.554. The van der Waals surface area contributed by atoms with Crippen molar-refractivity contribution in [3.8, 4) is 5.75 Å². The number of fused-ring (bicyclic) bond motifs is 2. The van der Waals surface area contributed by atoms with Crippen molar-refractivity contribution in [1.29, 1.82) is 0 Å². The van der Waals surface area contributed by atoms with Crippen molar-refractivity contribution in [2.24, 2.45) is 0 Å². The molecule has 31 heavy (non-hydrogen) atoms. The van der Waals surface area contributed by atoms with Gasteiger partial charge in [-0.1, -0.05) is 36.0 Å². The summed E-state index contributed by atoms with van der Waals surface area (Å²) < 4.78 is 8.01. The first-order valence-corrected chi connectivity index (χ1v) is 12.3. The highest BCUT2D eigenvalue weighted by Gasteiger charge is 2.36. The number of benzene rings is 2. The third-order valence-corrected chi connectivity index (χ3v) is 7.78. The molecule has 5 rings (SSSR count). The fourth-order valence-corrected chi connectivity index (χ4v) is 5.98. The minimum Gasteiger partial charge on any atom is -0.476 e. The third kappa shape index (κ3) is 4.27. The summed E-state index contributed by atoms with van der Waals surface area (Å²) in [7, 11) is 0. The van der Waals surface area contributed by atoms with Crippen LogP contribution < -0.4 is 9.64 Å². The highest BCUT2D eigenvalue weighted by atomic mass is 32.2. The number of rotatable bonds is 4. The van der Waals surface area contributed by atoms with Crippen LogP contribution in [0.4, 0.5) is 5.69 Å². The lowest BCUT2D eigenvalue weighted by atomic mass is 10.1. The summed E-state index contributed by atoms with van der Waals surface area (Å²) in [4.78, 5) is 34.4. The summed E-state index contributed by atoms with van der Waals surface area (Å²) >= 11 is 3.03. The molecule has 160 valence electrons. The number of para-hydroxylation sites is 3. The van der Waals surface area contributed by atoms with Gasteiger partial charge in [0.2, 0.25) is 5.91 Å². The van der Waals surface area contributed by atoms with Gasteiger partial charge in [-0.25, -0.2) is 4.98 Å². The van der Waals surface area contributed by atoms with E-state index in [1.54, 1.807) is 16.2 Å². The summed E-state index contributed by atoms with van der Waals surface area (Å²) in [5, 5.41) is 0. The van der Waals surface area contributed by atoms with Crippen LogP contribution >= 0.6 is 23.1 Å². The Morgan fingerprint density at radius 3 is 2.68 bits per heavy atom. The standard InChI is InChI=1S/C23H23N3O3S2/c27-21(15-30-23-24-16-8-2-5-11-20(16)31-23)26-14-19(22(28)25-12-6-1-7-13-25)29-18-10-4-3-9-17(18)26/h2-5,8-11,19H,1,6-7,12-15H2/t19-/m0/s1. The molecule has 2 aliphatic heterocycles. The van der Waals surface area contributed by atoms with Crippen molar-refractivity contribution in [3.05, 3.63) is 48.5 Å². The summed E-state index contributed by atoms with van der Waals surface area (Å²) in [6.45, 7) is 1.77. The van der Waals surface area contributed by atoms with E-state index in [-0.39, 0.29) is 24.1 Å². The lowest BCUT2D eigenvalue weighted by Gasteiger charge is -2.37. The SMILES string of the molecule is O=C([C@@H]1CN(C(=O)CSc2nc3ccccc3s2)c2ccccc2O1)N1CCCCC1. The fourth-order valence-electron chi connectivity index (χ4n) is 4.03. The fraction of sp³-hybridized carbons (Fsp3) is 0.348. The molecule has 1 saturated heterocycles. The molecule has 1 aromatic heterocycles. The van der Waals surface area contributed by atoms with Crippen molar-refractivity contribution >= 4 is 50.8 Å². The van der Waals surface area contributed by atoms with Gasteiger partial charge in [-0.05, 0) is 43.5 Å². The number of thiazole rings is 1. The maximum atomic E-state index is 13.2. The molecule has 2 aliphatic rings. The van der Waals surface area contributed by atoms with Gasteiger partial charge in [0.05, 0.1) is 28.2 Å². The van der Waals surface area contributed by atoms with Gasteiger partial charge in [-0.2, -0.15) is 0 Å². The molecule has 0 saturated carbocycles. The summed E-state index contributed by atoms with van der Waals surface area (Å²) in [5.41, 5.74) is 1.67. The monoisotopic (exact) mass is 453 g/mol. The Kier molecular flexibility index (Phi) is 5.82. The average Bonchev–Trinajstić information content (AvgIpc) is 3.25. The van der Waals surface area contributed by atoms with Gasteiger partial charge >= 0.3 is 0 Å². The van der Waals surface area contributed by atoms with Crippen molar-refractivity contribution in [1.82, 2.24) is 9.88 Å². The van der Waals surface area contributed by atoms with Crippen LogP contribution in [-0.2, 0) is 9.59 Å². The third-order valence-electron chi connectivity index (χ3n) is 5.61. The number of hydrogen-bond acceptors (Lipinski definition) is 6. The molecule has 8 heteroatoms. The maximum Gasteiger partial charge on any atom is 0.265 e. The van der Waals surface area contributed by atoms with Crippen LogP contribution in [0.3, 0.4) is 0 Å². The van der Waals surface area contributed by atoms with Crippen molar-refractivity contribution in [2.75, 3.05) is 30.3 Å². The minimum atomic E-state index is -0.663. The van der Waals surface area contributed by atoms with Gasteiger partial charge < -0.3 is 14.5 Å². The Hall–Kier alpha value is -2.58. The van der Waals surface area contributed by atoms with Crippen LogP contribution in [0.15, 0.2) is 52.9 Å². The molecule has 0 radical (unpaired) electrons. The van der Waals surface area contributed by atoms with E-state index in [0.717, 1.165) is 52.6 Å². The smallest absolute Gasteiger partial charge is 0.265 e. The zero-order valence-corrected chi connectivity index (χ0v) is 18.7. The Bertz CT molecular complexity index is 1080. The number of aromatic nitrogens is 1. The van der Waals surface area contributed by atoms with Gasteiger partial charge in [-0.3, -0.25) is 9.59 Å². The van der Waals surface area contributed by atoms with Crippen LogP contribution in [0, 0.1) is 0 Å². The second-order valence-corrected chi connectivity index (χ2v) is 9.95. The molecule has 0 N–H and O–H groups in total. The first-order chi connectivity index (χ1) is 15.2. The first kappa shape index (κ1) is 20.3. The normalized spacial score (nSPS) is 18.5. The van der Waals surface area contributed by atoms with E-state index in [2.05, 4.69) is 4.98 Å². The summed E-state index contributed by atoms with van der Waals surface area (Å²) in [6, 6.07) is 15.4. The number of piperidine rings is 1. The molecular weight excluding hydrogens is 430 g/mol. The van der Waals surface area contributed by atoms with Gasteiger partial charge in [0.1, 0.15) is 5.75 Å². The number of ether oxygens (including phenoxy) is 1. The number of nitrogens with zero attached hydrogens (tertiary/aromatic N) is 3. The van der Waals surface area contributed by atoms with E-state index >= 15 is 0 Å². The second kappa shape index (κ2) is 8.88. The van der Waals surface area contributed by atoms with Gasteiger partial charge in [0.15, 0.2) is 10.4 Å². The van der Waals surface area contributed by atoms with Crippen molar-refractivity contribution in [3.63, 3.8) is 0 Å². The van der Waals surface area contributed by atoms with Crippen LogP contribution in [0.25, 0.3) is 10.2 Å². The molecule has 2 aromatic carbocycles. The number of likely N-dealkylation sites (tertiary alicyclic amines) is 1.